The second-order valence-electron chi connectivity index (χ2n) is 4.76. The van der Waals surface area contributed by atoms with E-state index in [1.54, 1.807) is 18.3 Å². The summed E-state index contributed by atoms with van der Waals surface area (Å²) in [6.45, 7) is 1.87. The van der Waals surface area contributed by atoms with E-state index in [-0.39, 0.29) is 12.2 Å². The number of aliphatic hydroxyl groups excluding tert-OH is 1. The number of nitro benzene ring substituents is 1. The van der Waals surface area contributed by atoms with E-state index < -0.39 is 16.9 Å². The Hall–Kier alpha value is -2.80. The fraction of sp³-hybridized carbons (Fsp3) is 0.200. The number of nitro groups is 1. The molecule has 2 N–H and O–H groups in total. The van der Waals surface area contributed by atoms with Gasteiger partial charge in [0.05, 0.1) is 11.0 Å². The number of benzene rings is 1. The number of nitrogens with zero attached hydrogens (tertiary/aromatic N) is 2. The third-order valence-corrected chi connectivity index (χ3v) is 3.12. The van der Waals surface area contributed by atoms with Gasteiger partial charge in [-0.25, -0.2) is 0 Å². The molecule has 1 aromatic carbocycles. The maximum absolute atomic E-state index is 11.9. The highest BCUT2D eigenvalue weighted by molar-refractivity contribution is 5.94. The van der Waals surface area contributed by atoms with Crippen molar-refractivity contribution in [2.24, 2.45) is 0 Å². The Balaban J connectivity index is 1.94. The van der Waals surface area contributed by atoms with Crippen LogP contribution in [0.25, 0.3) is 0 Å². The Morgan fingerprint density at radius 2 is 2.00 bits per heavy atom. The average molecular weight is 301 g/mol. The third-order valence-electron chi connectivity index (χ3n) is 3.12. The van der Waals surface area contributed by atoms with Gasteiger partial charge in [-0.05, 0) is 25.1 Å². The summed E-state index contributed by atoms with van der Waals surface area (Å²) in [6, 6.07) is 8.77. The van der Waals surface area contributed by atoms with Crippen LogP contribution in [-0.4, -0.2) is 27.5 Å². The van der Waals surface area contributed by atoms with Crippen LogP contribution in [0.5, 0.6) is 0 Å². The van der Waals surface area contributed by atoms with Crippen molar-refractivity contribution in [1.29, 1.82) is 0 Å². The largest absolute Gasteiger partial charge is 0.387 e. The molecule has 2 aromatic rings. The van der Waals surface area contributed by atoms with Crippen molar-refractivity contribution in [3.05, 3.63) is 69.5 Å². The summed E-state index contributed by atoms with van der Waals surface area (Å²) in [7, 11) is 0. The number of nitrogens with one attached hydrogen (secondary N) is 1. The standard InChI is InChI=1S/C15H15N3O4/c1-10-2-3-12(8-16-10)14(19)9-17-15(20)11-4-6-13(7-5-11)18(21)22/h2-8,14,19H,9H2,1H3,(H,17,20). The summed E-state index contributed by atoms with van der Waals surface area (Å²) in [5, 5.41) is 23.1. The van der Waals surface area contributed by atoms with Crippen molar-refractivity contribution < 1.29 is 14.8 Å². The molecule has 2 rings (SSSR count). The summed E-state index contributed by atoms with van der Waals surface area (Å²) in [6.07, 6.45) is 0.688. The molecule has 0 saturated heterocycles. The zero-order valence-electron chi connectivity index (χ0n) is 11.9. The van der Waals surface area contributed by atoms with Gasteiger partial charge in [-0.2, -0.15) is 0 Å². The molecule has 22 heavy (non-hydrogen) atoms. The van der Waals surface area contributed by atoms with Gasteiger partial charge < -0.3 is 10.4 Å². The van der Waals surface area contributed by atoms with Crippen LogP contribution >= 0.6 is 0 Å². The predicted octanol–water partition coefficient (Wildman–Crippen LogP) is 1.76. The van der Waals surface area contributed by atoms with Gasteiger partial charge in [-0.1, -0.05) is 6.07 Å². The van der Waals surface area contributed by atoms with Crippen LogP contribution in [0.15, 0.2) is 42.6 Å². The molecule has 0 saturated carbocycles. The molecule has 0 aliphatic rings. The first kappa shape index (κ1) is 15.6. The maximum atomic E-state index is 11.9. The molecule has 0 bridgehead atoms. The van der Waals surface area contributed by atoms with E-state index in [0.717, 1.165) is 5.69 Å². The normalized spacial score (nSPS) is 11.7. The van der Waals surface area contributed by atoms with E-state index in [1.807, 2.05) is 6.92 Å². The SMILES string of the molecule is Cc1ccc(C(O)CNC(=O)c2ccc([N+](=O)[O-])cc2)cn1. The first-order chi connectivity index (χ1) is 10.5. The summed E-state index contributed by atoms with van der Waals surface area (Å²) in [5.41, 5.74) is 1.66. The number of carbonyl (C=O) groups is 1. The molecule has 1 heterocycles. The van der Waals surface area contributed by atoms with Gasteiger partial charge in [0.2, 0.25) is 0 Å². The molecule has 1 amide bonds. The topological polar surface area (TPSA) is 105 Å². The molecule has 114 valence electrons. The van der Waals surface area contributed by atoms with E-state index in [9.17, 15) is 20.0 Å². The van der Waals surface area contributed by atoms with Gasteiger partial charge in [-0.15, -0.1) is 0 Å². The minimum absolute atomic E-state index is 0.0283. The molecule has 1 unspecified atom stereocenters. The van der Waals surface area contributed by atoms with Gasteiger partial charge in [-0.3, -0.25) is 19.9 Å². The molecule has 7 nitrogen and oxygen atoms in total. The molecule has 7 heteroatoms. The van der Waals surface area contributed by atoms with E-state index in [0.29, 0.717) is 11.1 Å². The highest BCUT2D eigenvalue weighted by atomic mass is 16.6. The number of aliphatic hydroxyl groups is 1. The lowest BCUT2D eigenvalue weighted by atomic mass is 10.1. The number of aryl methyl sites for hydroxylation is 1. The second kappa shape index (κ2) is 6.77. The van der Waals surface area contributed by atoms with Crippen LogP contribution in [0.4, 0.5) is 5.69 Å². The smallest absolute Gasteiger partial charge is 0.269 e. The Bertz CT molecular complexity index is 668. The molecule has 0 fully saturated rings. The minimum Gasteiger partial charge on any atom is -0.387 e. The number of hydrogen-bond donors (Lipinski definition) is 2. The Morgan fingerprint density at radius 1 is 1.32 bits per heavy atom. The number of rotatable bonds is 5. The molecule has 1 aromatic heterocycles. The van der Waals surface area contributed by atoms with Crippen molar-refractivity contribution in [1.82, 2.24) is 10.3 Å². The second-order valence-corrected chi connectivity index (χ2v) is 4.76. The van der Waals surface area contributed by atoms with Crippen molar-refractivity contribution >= 4 is 11.6 Å². The van der Waals surface area contributed by atoms with E-state index >= 15 is 0 Å². The highest BCUT2D eigenvalue weighted by Gasteiger charge is 2.12. The molecule has 0 aliphatic heterocycles. The van der Waals surface area contributed by atoms with Gasteiger partial charge >= 0.3 is 0 Å². The number of aromatic nitrogens is 1. The van der Waals surface area contributed by atoms with Gasteiger partial charge in [0.25, 0.3) is 11.6 Å². The van der Waals surface area contributed by atoms with Crippen LogP contribution in [-0.2, 0) is 0 Å². The lowest BCUT2D eigenvalue weighted by Gasteiger charge is -2.12. The van der Waals surface area contributed by atoms with Crippen molar-refractivity contribution in [2.75, 3.05) is 6.54 Å². The Morgan fingerprint density at radius 3 is 2.55 bits per heavy atom. The van der Waals surface area contributed by atoms with Crippen LogP contribution in [0.3, 0.4) is 0 Å². The Kier molecular flexibility index (Phi) is 4.80. The molecule has 1 atom stereocenters. The first-order valence-corrected chi connectivity index (χ1v) is 6.60. The fourth-order valence-electron chi connectivity index (χ4n) is 1.82. The van der Waals surface area contributed by atoms with Crippen molar-refractivity contribution in [2.45, 2.75) is 13.0 Å². The van der Waals surface area contributed by atoms with Gasteiger partial charge in [0.1, 0.15) is 0 Å². The average Bonchev–Trinajstić information content (AvgIpc) is 2.53. The lowest BCUT2D eigenvalue weighted by molar-refractivity contribution is -0.384. The van der Waals surface area contributed by atoms with E-state index in [2.05, 4.69) is 10.3 Å². The van der Waals surface area contributed by atoms with Crippen LogP contribution in [0.1, 0.15) is 27.7 Å². The molecule has 0 radical (unpaired) electrons. The molecule has 0 aliphatic carbocycles. The van der Waals surface area contributed by atoms with E-state index in [1.165, 1.54) is 24.3 Å². The highest BCUT2D eigenvalue weighted by Crippen LogP contribution is 2.13. The van der Waals surface area contributed by atoms with Crippen LogP contribution < -0.4 is 5.32 Å². The lowest BCUT2D eigenvalue weighted by Crippen LogP contribution is -2.28. The molecular weight excluding hydrogens is 286 g/mol. The first-order valence-electron chi connectivity index (χ1n) is 6.60. The van der Waals surface area contributed by atoms with Crippen LogP contribution in [0.2, 0.25) is 0 Å². The summed E-state index contributed by atoms with van der Waals surface area (Å²) in [4.78, 5) is 26.0. The van der Waals surface area contributed by atoms with Crippen molar-refractivity contribution in [3.8, 4) is 0 Å². The fourth-order valence-corrected chi connectivity index (χ4v) is 1.82. The van der Waals surface area contributed by atoms with Crippen LogP contribution in [0, 0.1) is 17.0 Å². The zero-order chi connectivity index (χ0) is 16.1. The number of non-ortho nitro benzene ring substituents is 1. The number of pyridine rings is 1. The summed E-state index contributed by atoms with van der Waals surface area (Å²) < 4.78 is 0. The van der Waals surface area contributed by atoms with Crippen molar-refractivity contribution in [3.63, 3.8) is 0 Å². The quantitative estimate of drug-likeness (QED) is 0.646. The predicted molar refractivity (Wildman–Crippen MR) is 79.4 cm³/mol. The summed E-state index contributed by atoms with van der Waals surface area (Å²) in [5.74, 6) is -0.408. The van der Waals surface area contributed by atoms with Gasteiger partial charge in [0, 0.05) is 41.7 Å². The maximum Gasteiger partial charge on any atom is 0.269 e. The Labute approximate surface area is 126 Å². The summed E-state index contributed by atoms with van der Waals surface area (Å²) >= 11 is 0. The monoisotopic (exact) mass is 301 g/mol. The number of carbonyl (C=O) groups excluding carboxylic acids is 1. The molecule has 0 spiro atoms. The molecular formula is C15H15N3O4. The van der Waals surface area contributed by atoms with Gasteiger partial charge in [0.15, 0.2) is 0 Å². The minimum atomic E-state index is -0.866. The third kappa shape index (κ3) is 3.86. The van der Waals surface area contributed by atoms with E-state index in [4.69, 9.17) is 0 Å². The number of amides is 1. The number of hydrogen-bond acceptors (Lipinski definition) is 5. The zero-order valence-corrected chi connectivity index (χ0v) is 11.9.